The molecule has 1 fully saturated rings. The number of benzene rings is 1. The van der Waals surface area contributed by atoms with Crippen molar-refractivity contribution in [1.82, 2.24) is 4.72 Å². The quantitative estimate of drug-likeness (QED) is 0.631. The molecule has 0 aliphatic carbocycles. The molecule has 0 saturated carbocycles. The Morgan fingerprint density at radius 2 is 2.00 bits per heavy atom. The van der Waals surface area contributed by atoms with Gasteiger partial charge in [0.05, 0.1) is 18.1 Å². The van der Waals surface area contributed by atoms with E-state index < -0.39 is 10.0 Å². The molecule has 0 aromatic heterocycles. The van der Waals surface area contributed by atoms with Gasteiger partial charge in [0, 0.05) is 5.69 Å². The normalized spacial score (nSPS) is 16.5. The smallest absolute Gasteiger partial charge is 0.279 e. The fourth-order valence-electron chi connectivity index (χ4n) is 2.35. The molecule has 3 N–H and O–H groups in total. The van der Waals surface area contributed by atoms with Gasteiger partial charge in [0.1, 0.15) is 13.1 Å². The number of ether oxygens (including phenoxy) is 1. The summed E-state index contributed by atoms with van der Waals surface area (Å²) in [4.78, 5) is 13.4. The minimum Gasteiger partial charge on any atom is -0.370 e. The van der Waals surface area contributed by atoms with Crippen molar-refractivity contribution >= 4 is 21.6 Å². The van der Waals surface area contributed by atoms with E-state index in [4.69, 9.17) is 4.74 Å². The van der Waals surface area contributed by atoms with Gasteiger partial charge >= 0.3 is 0 Å². The number of morpholine rings is 1. The van der Waals surface area contributed by atoms with Crippen LogP contribution in [0, 0.1) is 6.92 Å². The second kappa shape index (κ2) is 7.19. The summed E-state index contributed by atoms with van der Waals surface area (Å²) >= 11 is 0. The van der Waals surface area contributed by atoms with Crippen LogP contribution in [-0.2, 0) is 19.6 Å². The second-order valence-electron chi connectivity index (χ2n) is 5.28. The Morgan fingerprint density at radius 1 is 1.32 bits per heavy atom. The number of amides is 1. The topological polar surface area (TPSA) is 88.9 Å². The number of aryl methyl sites for hydroxylation is 1. The molecule has 0 unspecified atom stereocenters. The van der Waals surface area contributed by atoms with Gasteiger partial charge in [-0.25, -0.2) is 13.1 Å². The Bertz CT molecular complexity index is 639. The predicted molar refractivity (Wildman–Crippen MR) is 82.4 cm³/mol. The third-order valence-corrected chi connectivity index (χ3v) is 5.20. The largest absolute Gasteiger partial charge is 0.370 e. The first-order valence-corrected chi connectivity index (χ1v) is 8.66. The van der Waals surface area contributed by atoms with Crippen LogP contribution < -0.4 is 14.9 Å². The van der Waals surface area contributed by atoms with Crippen molar-refractivity contribution in [2.45, 2.75) is 11.8 Å². The van der Waals surface area contributed by atoms with Gasteiger partial charge in [-0.2, -0.15) is 0 Å². The van der Waals surface area contributed by atoms with Crippen LogP contribution in [0.1, 0.15) is 5.56 Å². The third kappa shape index (κ3) is 4.26. The number of quaternary nitrogens is 1. The molecule has 0 radical (unpaired) electrons. The molecule has 1 aromatic rings. The van der Waals surface area contributed by atoms with E-state index in [1.807, 2.05) is 0 Å². The Morgan fingerprint density at radius 3 is 2.64 bits per heavy atom. The highest BCUT2D eigenvalue weighted by Gasteiger charge is 2.19. The van der Waals surface area contributed by atoms with Gasteiger partial charge in [-0.15, -0.1) is 0 Å². The number of nitrogens with one attached hydrogen (secondary N) is 3. The number of hydrogen-bond acceptors (Lipinski definition) is 4. The van der Waals surface area contributed by atoms with Crippen molar-refractivity contribution in [3.63, 3.8) is 0 Å². The second-order valence-corrected chi connectivity index (χ2v) is 7.13. The molecule has 1 heterocycles. The minimum absolute atomic E-state index is 0.131. The molecule has 1 aromatic carbocycles. The van der Waals surface area contributed by atoms with Gasteiger partial charge in [-0.1, -0.05) is 6.07 Å². The van der Waals surface area contributed by atoms with Crippen LogP contribution in [0.25, 0.3) is 0 Å². The molecule has 1 aliphatic rings. The van der Waals surface area contributed by atoms with Gasteiger partial charge in [-0.3, -0.25) is 4.79 Å². The van der Waals surface area contributed by atoms with Crippen molar-refractivity contribution in [2.24, 2.45) is 0 Å². The van der Waals surface area contributed by atoms with E-state index >= 15 is 0 Å². The first-order valence-electron chi connectivity index (χ1n) is 7.18. The van der Waals surface area contributed by atoms with E-state index in [2.05, 4.69) is 10.0 Å². The van der Waals surface area contributed by atoms with Crippen LogP contribution in [0.15, 0.2) is 23.1 Å². The third-order valence-electron chi connectivity index (χ3n) is 3.64. The molecule has 7 nitrogen and oxygen atoms in total. The molecule has 0 bridgehead atoms. The molecule has 1 saturated heterocycles. The zero-order chi connectivity index (χ0) is 16.2. The monoisotopic (exact) mass is 328 g/mol. The maximum absolute atomic E-state index is 12.1. The van der Waals surface area contributed by atoms with Crippen LogP contribution in [0.3, 0.4) is 0 Å². The van der Waals surface area contributed by atoms with E-state index in [-0.39, 0.29) is 10.8 Å². The maximum atomic E-state index is 12.1. The zero-order valence-electron chi connectivity index (χ0n) is 12.8. The summed E-state index contributed by atoms with van der Waals surface area (Å²) in [6.07, 6.45) is 0. The number of rotatable bonds is 5. The number of anilines is 1. The summed E-state index contributed by atoms with van der Waals surface area (Å²) in [5.41, 5.74) is 1.11. The summed E-state index contributed by atoms with van der Waals surface area (Å²) in [5, 5.41) is 2.76. The molecule has 0 spiro atoms. The predicted octanol–water partition coefficient (Wildman–Crippen LogP) is -1.24. The minimum atomic E-state index is -3.54. The zero-order valence-corrected chi connectivity index (χ0v) is 13.6. The molecule has 122 valence electrons. The van der Waals surface area contributed by atoms with Crippen LogP contribution in [0.2, 0.25) is 0 Å². The molecule has 2 rings (SSSR count). The van der Waals surface area contributed by atoms with Gasteiger partial charge in [0.15, 0.2) is 6.54 Å². The van der Waals surface area contributed by atoms with Gasteiger partial charge < -0.3 is 15.0 Å². The van der Waals surface area contributed by atoms with E-state index in [0.717, 1.165) is 13.1 Å². The van der Waals surface area contributed by atoms with Crippen molar-refractivity contribution in [3.8, 4) is 0 Å². The lowest BCUT2D eigenvalue weighted by Gasteiger charge is -2.23. The van der Waals surface area contributed by atoms with Crippen LogP contribution in [-0.4, -0.2) is 54.2 Å². The summed E-state index contributed by atoms with van der Waals surface area (Å²) in [5.74, 6) is -0.131. The summed E-state index contributed by atoms with van der Waals surface area (Å²) in [6, 6.07) is 4.87. The average Bonchev–Trinajstić information content (AvgIpc) is 2.50. The summed E-state index contributed by atoms with van der Waals surface area (Å²) < 4.78 is 31.4. The molecule has 1 aliphatic heterocycles. The van der Waals surface area contributed by atoms with Gasteiger partial charge in [-0.05, 0) is 31.7 Å². The van der Waals surface area contributed by atoms with Crippen molar-refractivity contribution in [2.75, 3.05) is 45.2 Å². The van der Waals surface area contributed by atoms with E-state index in [9.17, 15) is 13.2 Å². The van der Waals surface area contributed by atoms with E-state index in [1.165, 1.54) is 18.0 Å². The highest BCUT2D eigenvalue weighted by atomic mass is 32.2. The number of carbonyl (C=O) groups is 1. The van der Waals surface area contributed by atoms with Crippen molar-refractivity contribution in [3.05, 3.63) is 23.8 Å². The van der Waals surface area contributed by atoms with E-state index in [1.54, 1.807) is 19.1 Å². The highest BCUT2D eigenvalue weighted by Crippen LogP contribution is 2.19. The first-order chi connectivity index (χ1) is 10.4. The maximum Gasteiger partial charge on any atom is 0.279 e. The Kier molecular flexibility index (Phi) is 5.52. The van der Waals surface area contributed by atoms with Gasteiger partial charge in [0.25, 0.3) is 5.91 Å². The Balaban J connectivity index is 2.06. The number of carbonyl (C=O) groups excluding carboxylic acids is 1. The van der Waals surface area contributed by atoms with Gasteiger partial charge in [0.2, 0.25) is 10.0 Å². The van der Waals surface area contributed by atoms with Crippen LogP contribution in [0.5, 0.6) is 0 Å². The molecular formula is C14H22N3O4S+. The molecule has 1 amide bonds. The lowest BCUT2D eigenvalue weighted by atomic mass is 10.2. The van der Waals surface area contributed by atoms with Crippen molar-refractivity contribution in [1.29, 1.82) is 0 Å². The lowest BCUT2D eigenvalue weighted by molar-refractivity contribution is -0.899. The molecule has 8 heteroatoms. The molecular weight excluding hydrogens is 306 g/mol. The fourth-order valence-corrected chi connectivity index (χ4v) is 3.34. The Labute approximate surface area is 130 Å². The van der Waals surface area contributed by atoms with Crippen LogP contribution in [0.4, 0.5) is 5.69 Å². The SMILES string of the molecule is CNS(=O)(=O)c1cc(NC(=O)C[NH+]2CCOCC2)ccc1C. The number of sulfonamides is 1. The lowest BCUT2D eigenvalue weighted by Crippen LogP contribution is -3.15. The first kappa shape index (κ1) is 16.9. The Hall–Kier alpha value is -1.48. The molecule has 0 atom stereocenters. The van der Waals surface area contributed by atoms with E-state index in [0.29, 0.717) is 31.0 Å². The highest BCUT2D eigenvalue weighted by molar-refractivity contribution is 7.89. The van der Waals surface area contributed by atoms with Crippen LogP contribution >= 0.6 is 0 Å². The average molecular weight is 328 g/mol. The standard InChI is InChI=1S/C14H21N3O4S/c1-11-3-4-12(9-13(11)22(19,20)15-2)16-14(18)10-17-5-7-21-8-6-17/h3-4,9,15H,5-8,10H2,1-2H3,(H,16,18)/p+1. The summed E-state index contributed by atoms with van der Waals surface area (Å²) in [6.45, 7) is 5.01. The number of hydrogen-bond donors (Lipinski definition) is 3. The summed E-state index contributed by atoms with van der Waals surface area (Å²) in [7, 11) is -2.17. The molecule has 22 heavy (non-hydrogen) atoms. The van der Waals surface area contributed by atoms with Crippen molar-refractivity contribution < 1.29 is 22.8 Å². The fraction of sp³-hybridized carbons (Fsp3) is 0.500.